The van der Waals surface area contributed by atoms with Crippen LogP contribution in [0.3, 0.4) is 0 Å². The van der Waals surface area contributed by atoms with Crippen molar-refractivity contribution >= 4 is 17.8 Å². The summed E-state index contributed by atoms with van der Waals surface area (Å²) in [6.45, 7) is 13.4. The Kier molecular flexibility index (Phi) is 7.66. The number of aliphatic carboxylic acids is 1. The highest BCUT2D eigenvalue weighted by Crippen LogP contribution is 2.29. The van der Waals surface area contributed by atoms with Crippen molar-refractivity contribution in [3.63, 3.8) is 0 Å². The Morgan fingerprint density at radius 3 is 1.94 bits per heavy atom. The molecule has 0 aromatic heterocycles. The highest BCUT2D eigenvalue weighted by atomic mass is 16.5. The van der Waals surface area contributed by atoms with Crippen LogP contribution in [0.15, 0.2) is 30.3 Å². The molecule has 0 aliphatic carbocycles. The number of rotatable bonds is 9. The van der Waals surface area contributed by atoms with E-state index < -0.39 is 11.6 Å². The number of aryl methyl sites for hydroxylation is 4. The van der Waals surface area contributed by atoms with Gasteiger partial charge >= 0.3 is 5.97 Å². The van der Waals surface area contributed by atoms with Gasteiger partial charge in [0.1, 0.15) is 11.5 Å². The molecule has 0 aliphatic rings. The third-order valence-electron chi connectivity index (χ3n) is 4.98. The summed E-state index contributed by atoms with van der Waals surface area (Å²) in [6, 6.07) is 7.46. The molecular formula is C26H32O5. The van der Waals surface area contributed by atoms with Crippen molar-refractivity contribution in [3.8, 4) is 11.5 Å². The van der Waals surface area contributed by atoms with Gasteiger partial charge in [0.05, 0.1) is 6.61 Å². The van der Waals surface area contributed by atoms with Crippen LogP contribution >= 0.6 is 0 Å². The van der Waals surface area contributed by atoms with Gasteiger partial charge in [-0.1, -0.05) is 13.0 Å². The summed E-state index contributed by atoms with van der Waals surface area (Å²) in [7, 11) is 0. The smallest absolute Gasteiger partial charge is 0.347 e. The van der Waals surface area contributed by atoms with E-state index in [4.69, 9.17) is 9.47 Å². The normalized spacial score (nSPS) is 11.6. The number of carbonyl (C=O) groups is 2. The van der Waals surface area contributed by atoms with Gasteiger partial charge in [-0.25, -0.2) is 4.79 Å². The topological polar surface area (TPSA) is 72.8 Å². The highest BCUT2D eigenvalue weighted by Gasteiger charge is 2.30. The number of benzene rings is 2. The lowest BCUT2D eigenvalue weighted by molar-refractivity contribution is -0.152. The monoisotopic (exact) mass is 424 g/mol. The van der Waals surface area contributed by atoms with Crippen molar-refractivity contribution in [2.24, 2.45) is 0 Å². The second kappa shape index (κ2) is 9.82. The number of ether oxygens (including phenoxy) is 2. The standard InChI is InChI=1S/C26H32O5/c1-8-11-30-23-18(4)14-21(15-19(23)5)22(27)10-9-20-12-16(2)24(17(3)13-20)31-26(6,7)25(28)29/h9-10,12-15H,8,11H2,1-7H3,(H,28,29). The van der Waals surface area contributed by atoms with Gasteiger partial charge in [-0.3, -0.25) is 4.79 Å². The number of carbonyl (C=O) groups excluding carboxylic acids is 1. The lowest BCUT2D eigenvalue weighted by atomic mass is 10.0. The molecule has 0 bridgehead atoms. The van der Waals surface area contributed by atoms with Gasteiger partial charge in [0.2, 0.25) is 0 Å². The molecule has 5 heteroatoms. The van der Waals surface area contributed by atoms with Crippen LogP contribution in [0.1, 0.15) is 65.4 Å². The van der Waals surface area contributed by atoms with E-state index in [2.05, 4.69) is 6.92 Å². The first-order valence-corrected chi connectivity index (χ1v) is 10.5. The molecule has 0 saturated heterocycles. The van der Waals surface area contributed by atoms with Gasteiger partial charge in [-0.15, -0.1) is 0 Å². The summed E-state index contributed by atoms with van der Waals surface area (Å²) in [5.74, 6) is 0.270. The zero-order chi connectivity index (χ0) is 23.3. The van der Waals surface area contributed by atoms with Gasteiger partial charge < -0.3 is 14.6 Å². The summed E-state index contributed by atoms with van der Waals surface area (Å²) >= 11 is 0. The molecular weight excluding hydrogens is 392 g/mol. The largest absolute Gasteiger partial charge is 0.493 e. The quantitative estimate of drug-likeness (QED) is 0.404. The molecule has 2 aromatic carbocycles. The molecule has 0 spiro atoms. The molecule has 31 heavy (non-hydrogen) atoms. The number of allylic oxidation sites excluding steroid dienone is 1. The van der Waals surface area contributed by atoms with Gasteiger partial charge in [0.25, 0.3) is 0 Å². The molecule has 0 heterocycles. The van der Waals surface area contributed by atoms with E-state index in [-0.39, 0.29) is 5.78 Å². The van der Waals surface area contributed by atoms with Crippen molar-refractivity contribution < 1.29 is 24.2 Å². The van der Waals surface area contributed by atoms with Gasteiger partial charge in [0, 0.05) is 5.56 Å². The first kappa shape index (κ1) is 24.2. The Balaban J connectivity index is 2.24. The van der Waals surface area contributed by atoms with Crippen molar-refractivity contribution in [1.29, 1.82) is 0 Å². The average molecular weight is 425 g/mol. The van der Waals surface area contributed by atoms with E-state index in [1.54, 1.807) is 12.2 Å². The molecule has 166 valence electrons. The zero-order valence-electron chi connectivity index (χ0n) is 19.5. The number of hydrogen-bond donors (Lipinski definition) is 1. The van der Waals surface area contributed by atoms with Crippen LogP contribution in [0.25, 0.3) is 6.08 Å². The molecule has 2 aromatic rings. The van der Waals surface area contributed by atoms with E-state index in [1.165, 1.54) is 13.8 Å². The van der Waals surface area contributed by atoms with Gasteiger partial charge in [0.15, 0.2) is 11.4 Å². The molecule has 0 amide bonds. The Hall–Kier alpha value is -3.08. The maximum atomic E-state index is 12.7. The van der Waals surface area contributed by atoms with Gasteiger partial charge in [-0.05, 0) is 106 Å². The van der Waals surface area contributed by atoms with Crippen molar-refractivity contribution in [2.45, 2.75) is 60.5 Å². The van der Waals surface area contributed by atoms with Gasteiger partial charge in [-0.2, -0.15) is 0 Å². The van der Waals surface area contributed by atoms with E-state index >= 15 is 0 Å². The summed E-state index contributed by atoms with van der Waals surface area (Å²) in [4.78, 5) is 24.1. The second-order valence-electron chi connectivity index (χ2n) is 8.39. The SMILES string of the molecule is CCCOc1c(C)cc(C(=O)C=Cc2cc(C)c(OC(C)(C)C(=O)O)c(C)c2)cc1C. The van der Waals surface area contributed by atoms with E-state index in [9.17, 15) is 14.7 Å². The summed E-state index contributed by atoms with van der Waals surface area (Å²) in [5, 5.41) is 9.31. The minimum absolute atomic E-state index is 0.0871. The first-order chi connectivity index (χ1) is 14.5. The molecule has 0 saturated carbocycles. The minimum Gasteiger partial charge on any atom is -0.493 e. The minimum atomic E-state index is -1.33. The molecule has 0 aliphatic heterocycles. The van der Waals surface area contributed by atoms with E-state index in [1.807, 2.05) is 52.0 Å². The molecule has 0 unspecified atom stereocenters. The summed E-state index contributed by atoms with van der Waals surface area (Å²) in [6.07, 6.45) is 4.25. The predicted octanol–water partition coefficient (Wildman–Crippen LogP) is 5.85. The second-order valence-corrected chi connectivity index (χ2v) is 8.39. The third-order valence-corrected chi connectivity index (χ3v) is 4.98. The van der Waals surface area contributed by atoms with Crippen LogP contribution in [0, 0.1) is 27.7 Å². The number of carboxylic acid groups (broad SMARTS) is 1. The van der Waals surface area contributed by atoms with Crippen LogP contribution in [0.2, 0.25) is 0 Å². The Bertz CT molecular complexity index is 968. The molecule has 2 rings (SSSR count). The van der Waals surface area contributed by atoms with Crippen molar-refractivity contribution in [1.82, 2.24) is 0 Å². The first-order valence-electron chi connectivity index (χ1n) is 10.5. The molecule has 5 nitrogen and oxygen atoms in total. The maximum absolute atomic E-state index is 12.7. The molecule has 1 N–H and O–H groups in total. The summed E-state index contributed by atoms with van der Waals surface area (Å²) < 4.78 is 11.5. The zero-order valence-corrected chi connectivity index (χ0v) is 19.5. The van der Waals surface area contributed by atoms with Crippen LogP contribution in [-0.4, -0.2) is 29.1 Å². The third kappa shape index (κ3) is 5.97. The Morgan fingerprint density at radius 2 is 1.45 bits per heavy atom. The lowest BCUT2D eigenvalue weighted by Gasteiger charge is -2.24. The maximum Gasteiger partial charge on any atom is 0.347 e. The number of hydrogen-bond acceptors (Lipinski definition) is 4. The van der Waals surface area contributed by atoms with Crippen LogP contribution in [0.5, 0.6) is 11.5 Å². The molecule has 0 radical (unpaired) electrons. The van der Waals surface area contributed by atoms with Crippen LogP contribution in [0.4, 0.5) is 0 Å². The fraction of sp³-hybridized carbons (Fsp3) is 0.385. The molecule has 0 atom stereocenters. The highest BCUT2D eigenvalue weighted by molar-refractivity contribution is 6.07. The fourth-order valence-electron chi connectivity index (χ4n) is 3.33. The lowest BCUT2D eigenvalue weighted by Crippen LogP contribution is -2.38. The molecule has 0 fully saturated rings. The number of ketones is 1. The number of carboxylic acids is 1. The van der Waals surface area contributed by atoms with E-state index in [0.29, 0.717) is 17.9 Å². The fourth-order valence-corrected chi connectivity index (χ4v) is 3.33. The Labute approximate surface area is 184 Å². The Morgan fingerprint density at radius 1 is 0.935 bits per heavy atom. The summed E-state index contributed by atoms with van der Waals surface area (Å²) in [5.41, 5.74) is 3.65. The average Bonchev–Trinajstić information content (AvgIpc) is 2.68. The predicted molar refractivity (Wildman–Crippen MR) is 123 cm³/mol. The van der Waals surface area contributed by atoms with Crippen molar-refractivity contribution in [3.05, 3.63) is 63.7 Å². The van der Waals surface area contributed by atoms with Crippen LogP contribution < -0.4 is 9.47 Å². The van der Waals surface area contributed by atoms with Crippen LogP contribution in [-0.2, 0) is 4.79 Å². The van der Waals surface area contributed by atoms with Crippen molar-refractivity contribution in [2.75, 3.05) is 6.61 Å². The van der Waals surface area contributed by atoms with E-state index in [0.717, 1.165) is 40.0 Å².